The van der Waals surface area contributed by atoms with Crippen molar-refractivity contribution in [3.05, 3.63) is 84.1 Å². The lowest BCUT2D eigenvalue weighted by Crippen LogP contribution is -2.50. The molecule has 2 heterocycles. The van der Waals surface area contributed by atoms with Crippen LogP contribution in [-0.2, 0) is 0 Å². The standard InChI is InChI=1S/C25H29FN4O2/c1-28(2)21-9-5-19(6-10-21)23(18-27-25(31)24-4-3-17-32-24)30-15-13-29(14-16-30)22-11-7-20(26)8-12-22/h3-12,17,23H,13-16,18H2,1-2H3,(H,27,31). The molecule has 1 atom stereocenters. The third-order valence-electron chi connectivity index (χ3n) is 5.94. The molecule has 1 fully saturated rings. The lowest BCUT2D eigenvalue weighted by atomic mass is 10.0. The molecule has 0 radical (unpaired) electrons. The number of nitrogens with one attached hydrogen (secondary N) is 1. The van der Waals surface area contributed by atoms with Gasteiger partial charge in [0, 0.05) is 58.2 Å². The summed E-state index contributed by atoms with van der Waals surface area (Å²) >= 11 is 0. The van der Waals surface area contributed by atoms with Gasteiger partial charge in [0.2, 0.25) is 0 Å². The number of carbonyl (C=O) groups is 1. The van der Waals surface area contributed by atoms with Crippen LogP contribution in [0.4, 0.5) is 15.8 Å². The number of hydrogen-bond donors (Lipinski definition) is 1. The van der Waals surface area contributed by atoms with Crippen LogP contribution in [0.3, 0.4) is 0 Å². The molecule has 0 bridgehead atoms. The molecule has 1 unspecified atom stereocenters. The number of halogens is 1. The maximum atomic E-state index is 13.3. The van der Waals surface area contributed by atoms with E-state index in [1.54, 1.807) is 12.1 Å². The van der Waals surface area contributed by atoms with Crippen LogP contribution in [0.15, 0.2) is 71.3 Å². The average Bonchev–Trinajstić information content (AvgIpc) is 3.36. The van der Waals surface area contributed by atoms with E-state index >= 15 is 0 Å². The minimum absolute atomic E-state index is 0.0421. The molecule has 1 amide bonds. The molecule has 2 aromatic carbocycles. The molecule has 1 aliphatic heterocycles. The molecule has 6 nitrogen and oxygen atoms in total. The summed E-state index contributed by atoms with van der Waals surface area (Å²) in [6.07, 6.45) is 1.50. The van der Waals surface area contributed by atoms with Gasteiger partial charge in [0.25, 0.3) is 5.91 Å². The molecule has 0 aliphatic carbocycles. The van der Waals surface area contributed by atoms with E-state index in [1.165, 1.54) is 18.4 Å². The van der Waals surface area contributed by atoms with Crippen molar-refractivity contribution < 1.29 is 13.6 Å². The molecular weight excluding hydrogens is 407 g/mol. The Bertz CT molecular complexity index is 995. The molecule has 1 aliphatic rings. The van der Waals surface area contributed by atoms with Crippen molar-refractivity contribution >= 4 is 17.3 Å². The normalized spacial score (nSPS) is 15.4. The first-order valence-corrected chi connectivity index (χ1v) is 10.8. The van der Waals surface area contributed by atoms with Crippen molar-refractivity contribution in [1.82, 2.24) is 10.2 Å². The van der Waals surface area contributed by atoms with Crippen molar-refractivity contribution in [3.8, 4) is 0 Å². The highest BCUT2D eigenvalue weighted by atomic mass is 19.1. The summed E-state index contributed by atoms with van der Waals surface area (Å²) in [6.45, 7) is 3.84. The second-order valence-electron chi connectivity index (χ2n) is 8.19. The highest BCUT2D eigenvalue weighted by Gasteiger charge is 2.26. The first-order valence-electron chi connectivity index (χ1n) is 10.8. The van der Waals surface area contributed by atoms with Crippen LogP contribution in [0.2, 0.25) is 0 Å². The molecule has 3 aromatic rings. The summed E-state index contributed by atoms with van der Waals surface area (Å²) in [7, 11) is 4.04. The Kier molecular flexibility index (Phi) is 6.75. The van der Waals surface area contributed by atoms with Crippen LogP contribution in [0.5, 0.6) is 0 Å². The monoisotopic (exact) mass is 436 g/mol. The van der Waals surface area contributed by atoms with Crippen molar-refractivity contribution in [3.63, 3.8) is 0 Å². The number of amides is 1. The van der Waals surface area contributed by atoms with E-state index in [0.717, 1.165) is 43.1 Å². The fourth-order valence-electron chi connectivity index (χ4n) is 4.08. The number of nitrogens with zero attached hydrogens (tertiary/aromatic N) is 3. The fourth-order valence-corrected chi connectivity index (χ4v) is 4.08. The number of furan rings is 1. The Hall–Kier alpha value is -3.32. The molecular formula is C25H29FN4O2. The second-order valence-corrected chi connectivity index (χ2v) is 8.19. The molecule has 168 valence electrons. The Labute approximate surface area is 188 Å². The largest absolute Gasteiger partial charge is 0.459 e. The number of hydrogen-bond acceptors (Lipinski definition) is 5. The van der Waals surface area contributed by atoms with Gasteiger partial charge in [-0.15, -0.1) is 0 Å². The average molecular weight is 437 g/mol. The first kappa shape index (κ1) is 21.9. The van der Waals surface area contributed by atoms with Crippen molar-refractivity contribution in [2.24, 2.45) is 0 Å². The van der Waals surface area contributed by atoms with E-state index in [0.29, 0.717) is 12.3 Å². The molecule has 0 spiro atoms. The van der Waals surface area contributed by atoms with E-state index in [2.05, 4.69) is 44.3 Å². The highest BCUT2D eigenvalue weighted by Crippen LogP contribution is 2.26. The fraction of sp³-hybridized carbons (Fsp3) is 0.320. The van der Waals surface area contributed by atoms with Gasteiger partial charge in [-0.2, -0.15) is 0 Å². The summed E-state index contributed by atoms with van der Waals surface area (Å²) in [5.41, 5.74) is 3.32. The van der Waals surface area contributed by atoms with Gasteiger partial charge >= 0.3 is 0 Å². The Morgan fingerprint density at radius 1 is 1.03 bits per heavy atom. The topological polar surface area (TPSA) is 52.0 Å². The first-order chi connectivity index (χ1) is 15.5. The number of anilines is 2. The zero-order valence-corrected chi connectivity index (χ0v) is 18.5. The number of benzene rings is 2. The molecule has 1 N–H and O–H groups in total. The van der Waals surface area contributed by atoms with E-state index in [1.807, 2.05) is 26.2 Å². The number of piperazine rings is 1. The van der Waals surface area contributed by atoms with Crippen LogP contribution < -0.4 is 15.1 Å². The molecule has 4 rings (SSSR count). The van der Waals surface area contributed by atoms with Crippen LogP contribution >= 0.6 is 0 Å². The summed E-state index contributed by atoms with van der Waals surface area (Å²) in [4.78, 5) is 19.2. The molecule has 0 saturated carbocycles. The maximum Gasteiger partial charge on any atom is 0.287 e. The molecule has 1 saturated heterocycles. The van der Waals surface area contributed by atoms with Crippen LogP contribution in [0.25, 0.3) is 0 Å². The van der Waals surface area contributed by atoms with Gasteiger partial charge in [0.1, 0.15) is 5.82 Å². The predicted octanol–water partition coefficient (Wildman–Crippen LogP) is 3.78. The third kappa shape index (κ3) is 5.11. The summed E-state index contributed by atoms with van der Waals surface area (Å²) < 4.78 is 18.5. The third-order valence-corrected chi connectivity index (χ3v) is 5.94. The summed E-state index contributed by atoms with van der Waals surface area (Å²) in [6, 6.07) is 18.5. The van der Waals surface area contributed by atoms with Crippen molar-refractivity contribution in [2.45, 2.75) is 6.04 Å². The van der Waals surface area contributed by atoms with E-state index in [4.69, 9.17) is 4.42 Å². The van der Waals surface area contributed by atoms with Gasteiger partial charge in [-0.25, -0.2) is 4.39 Å². The van der Waals surface area contributed by atoms with Crippen molar-refractivity contribution in [2.75, 3.05) is 56.6 Å². The minimum Gasteiger partial charge on any atom is -0.459 e. The van der Waals surface area contributed by atoms with E-state index < -0.39 is 0 Å². The van der Waals surface area contributed by atoms with E-state index in [-0.39, 0.29) is 17.8 Å². The van der Waals surface area contributed by atoms with E-state index in [9.17, 15) is 9.18 Å². The highest BCUT2D eigenvalue weighted by molar-refractivity contribution is 5.91. The maximum absolute atomic E-state index is 13.3. The Balaban J connectivity index is 1.47. The van der Waals surface area contributed by atoms with Crippen molar-refractivity contribution in [1.29, 1.82) is 0 Å². The zero-order chi connectivity index (χ0) is 22.5. The van der Waals surface area contributed by atoms with Gasteiger partial charge in [-0.3, -0.25) is 9.69 Å². The summed E-state index contributed by atoms with van der Waals surface area (Å²) in [5, 5.41) is 3.03. The predicted molar refractivity (Wildman–Crippen MR) is 125 cm³/mol. The number of carbonyl (C=O) groups excluding carboxylic acids is 1. The van der Waals surface area contributed by atoms with Gasteiger partial charge in [-0.05, 0) is 54.1 Å². The van der Waals surface area contributed by atoms with Gasteiger partial charge in [-0.1, -0.05) is 12.1 Å². The van der Waals surface area contributed by atoms with Crippen LogP contribution in [-0.4, -0.2) is 57.6 Å². The smallest absolute Gasteiger partial charge is 0.287 e. The van der Waals surface area contributed by atoms with Gasteiger partial charge in [0.05, 0.1) is 12.3 Å². The van der Waals surface area contributed by atoms with Crippen LogP contribution in [0, 0.1) is 5.82 Å². The molecule has 7 heteroatoms. The Morgan fingerprint density at radius 3 is 2.31 bits per heavy atom. The molecule has 1 aromatic heterocycles. The van der Waals surface area contributed by atoms with Crippen LogP contribution in [0.1, 0.15) is 22.2 Å². The molecule has 32 heavy (non-hydrogen) atoms. The zero-order valence-electron chi connectivity index (χ0n) is 18.5. The SMILES string of the molecule is CN(C)c1ccc(C(CNC(=O)c2ccco2)N2CCN(c3ccc(F)cc3)CC2)cc1. The lowest BCUT2D eigenvalue weighted by molar-refractivity contribution is 0.0902. The second kappa shape index (κ2) is 9.87. The quantitative estimate of drug-likeness (QED) is 0.611. The number of rotatable bonds is 7. The Morgan fingerprint density at radius 2 is 1.72 bits per heavy atom. The minimum atomic E-state index is -0.221. The summed E-state index contributed by atoms with van der Waals surface area (Å²) in [5.74, 6) is -0.122. The van der Waals surface area contributed by atoms with Gasteiger partial charge < -0.3 is 19.5 Å². The van der Waals surface area contributed by atoms with Gasteiger partial charge in [0.15, 0.2) is 5.76 Å². The lowest BCUT2D eigenvalue weighted by Gasteiger charge is -2.40.